The van der Waals surface area contributed by atoms with Crippen LogP contribution in [0, 0.1) is 0 Å². The summed E-state index contributed by atoms with van der Waals surface area (Å²) in [6.07, 6.45) is 0. The Morgan fingerprint density at radius 1 is 0.261 bits per heavy atom. The Morgan fingerprint density at radius 2 is 0.435 bits per heavy atom. The van der Waals surface area contributed by atoms with Crippen molar-refractivity contribution in [1.29, 1.82) is 0 Å². The molecule has 0 fully saturated rings. The van der Waals surface area contributed by atoms with E-state index in [1.165, 1.54) is 35.9 Å². The number of hydrogen-bond donors (Lipinski definition) is 0. The molecule has 0 nitrogen and oxygen atoms in total. The van der Waals surface area contributed by atoms with Gasteiger partial charge in [0.05, 0.1) is 0 Å². The SMILES string of the molecule is [Cl][Pd][c]1ccccc1.c1ccc(P(c2ccccc2)c2ccccc2)cc1.c1ccc(P(c2ccccc2)c2ccccc2)cc1. The van der Waals surface area contributed by atoms with Crippen molar-refractivity contribution >= 4 is 61.2 Å². The Balaban J connectivity index is 0.000000147. The van der Waals surface area contributed by atoms with E-state index in [4.69, 9.17) is 9.53 Å². The monoisotopic (exact) mass is 742 g/mol. The van der Waals surface area contributed by atoms with Crippen LogP contribution >= 0.6 is 25.4 Å². The molecule has 0 N–H and O–H groups in total. The molecule has 230 valence electrons. The largest absolute Gasteiger partial charge is 0.0622 e. The van der Waals surface area contributed by atoms with E-state index < -0.39 is 15.8 Å². The van der Waals surface area contributed by atoms with Gasteiger partial charge in [0.1, 0.15) is 0 Å². The molecule has 0 aliphatic rings. The molecule has 0 saturated carbocycles. The Morgan fingerprint density at radius 3 is 0.587 bits per heavy atom. The minimum absolute atomic E-state index is 0.235. The molecule has 0 radical (unpaired) electrons. The van der Waals surface area contributed by atoms with Gasteiger partial charge in [0.25, 0.3) is 0 Å². The van der Waals surface area contributed by atoms with Gasteiger partial charge in [-0.25, -0.2) is 0 Å². The fourth-order valence-corrected chi connectivity index (χ4v) is 10.4. The Hall–Kier alpha value is -3.65. The predicted molar refractivity (Wildman–Crippen MR) is 202 cm³/mol. The quantitative estimate of drug-likeness (QED) is 0.114. The Labute approximate surface area is 288 Å². The van der Waals surface area contributed by atoms with Gasteiger partial charge in [-0.15, -0.1) is 0 Å². The number of halogens is 1. The summed E-state index contributed by atoms with van der Waals surface area (Å²) in [6, 6.07) is 74.7. The van der Waals surface area contributed by atoms with Crippen LogP contribution < -0.4 is 35.9 Å². The van der Waals surface area contributed by atoms with Gasteiger partial charge in [0.15, 0.2) is 0 Å². The molecule has 0 unspecified atom stereocenters. The summed E-state index contributed by atoms with van der Waals surface area (Å²) in [5, 5.41) is 8.39. The number of benzene rings is 7. The topological polar surface area (TPSA) is 0 Å². The maximum atomic E-state index is 5.58. The fourth-order valence-electron chi connectivity index (χ4n) is 4.80. The first kappa shape index (κ1) is 33.7. The van der Waals surface area contributed by atoms with E-state index in [-0.39, 0.29) is 17.0 Å². The first-order valence-electron chi connectivity index (χ1n) is 15.0. The van der Waals surface area contributed by atoms with E-state index in [0.29, 0.717) is 0 Å². The summed E-state index contributed by atoms with van der Waals surface area (Å²) in [5.74, 6) is 0. The average Bonchev–Trinajstić information content (AvgIpc) is 3.15. The predicted octanol–water partition coefficient (Wildman–Crippen LogP) is 8.44. The number of rotatable bonds is 7. The van der Waals surface area contributed by atoms with Crippen LogP contribution in [0.25, 0.3) is 0 Å². The molecule has 7 aromatic carbocycles. The zero-order valence-electron chi connectivity index (χ0n) is 25.3. The summed E-state index contributed by atoms with van der Waals surface area (Å²) < 4.78 is 1.23. The van der Waals surface area contributed by atoms with Gasteiger partial charge in [0.2, 0.25) is 0 Å². The van der Waals surface area contributed by atoms with Gasteiger partial charge in [-0.3, -0.25) is 0 Å². The molecule has 0 atom stereocenters. The van der Waals surface area contributed by atoms with Gasteiger partial charge in [-0.1, -0.05) is 182 Å². The first-order valence-corrected chi connectivity index (χ1v) is 20.5. The summed E-state index contributed by atoms with van der Waals surface area (Å²) in [6.45, 7) is 0. The van der Waals surface area contributed by atoms with Gasteiger partial charge in [0, 0.05) is 0 Å². The van der Waals surface area contributed by atoms with Crippen LogP contribution in [-0.2, 0) is 17.0 Å². The van der Waals surface area contributed by atoms with Crippen LogP contribution in [-0.4, -0.2) is 0 Å². The third kappa shape index (κ3) is 10.2. The van der Waals surface area contributed by atoms with Crippen LogP contribution in [0.2, 0.25) is 0 Å². The van der Waals surface area contributed by atoms with Crippen molar-refractivity contribution in [2.75, 3.05) is 0 Å². The maximum Gasteiger partial charge on any atom is -0.0134 e. The minimum Gasteiger partial charge on any atom is -0.0622 e. The molecular weight excluding hydrogens is 708 g/mol. The van der Waals surface area contributed by atoms with Crippen molar-refractivity contribution in [3.63, 3.8) is 0 Å². The van der Waals surface area contributed by atoms with E-state index in [1.54, 1.807) is 0 Å². The third-order valence-corrected chi connectivity index (χ3v) is 13.4. The van der Waals surface area contributed by atoms with Crippen LogP contribution in [0.4, 0.5) is 0 Å². The summed E-state index contributed by atoms with van der Waals surface area (Å²) in [5.41, 5.74) is 0. The first-order chi connectivity index (χ1) is 22.8. The van der Waals surface area contributed by atoms with Crippen molar-refractivity contribution < 1.29 is 17.0 Å². The Bertz CT molecular complexity index is 1490. The normalized spacial score (nSPS) is 10.4. The second-order valence-electron chi connectivity index (χ2n) is 10.0. The van der Waals surface area contributed by atoms with Crippen molar-refractivity contribution in [3.8, 4) is 0 Å². The molecular formula is C42H35ClP2Pd. The molecule has 0 spiro atoms. The van der Waals surface area contributed by atoms with Gasteiger partial charge in [-0.2, -0.15) is 0 Å². The van der Waals surface area contributed by atoms with Gasteiger partial charge in [-0.05, 0) is 47.7 Å². The molecule has 0 aliphatic heterocycles. The van der Waals surface area contributed by atoms with Crippen molar-refractivity contribution in [3.05, 3.63) is 212 Å². The molecule has 0 saturated heterocycles. The van der Waals surface area contributed by atoms with Crippen LogP contribution in [0.1, 0.15) is 0 Å². The molecule has 0 heterocycles. The van der Waals surface area contributed by atoms with Crippen LogP contribution in [0.15, 0.2) is 212 Å². The molecule has 0 aromatic heterocycles. The van der Waals surface area contributed by atoms with Gasteiger partial charge >= 0.3 is 60.9 Å². The van der Waals surface area contributed by atoms with E-state index in [1.807, 2.05) is 30.3 Å². The van der Waals surface area contributed by atoms with E-state index in [2.05, 4.69) is 182 Å². The zero-order chi connectivity index (χ0) is 31.7. The minimum atomic E-state index is -0.446. The molecule has 4 heteroatoms. The summed E-state index contributed by atoms with van der Waals surface area (Å²) >= 11 is 0.235. The second-order valence-corrected chi connectivity index (χ2v) is 16.3. The standard InChI is InChI=1S/2C18H15P.C6H5.ClH.Pd/c2*1-4-10-16(11-5-1)19(17-12-6-2-7-13-17)18-14-8-3-9-15-18;1-2-4-6-5-3-1;;/h2*1-15H;1-5H;1H;/q;;;;+1/p-1. The third-order valence-electron chi connectivity index (χ3n) is 6.87. The van der Waals surface area contributed by atoms with E-state index in [0.717, 1.165) is 0 Å². The molecule has 0 amide bonds. The average molecular weight is 744 g/mol. The van der Waals surface area contributed by atoms with Crippen LogP contribution in [0.5, 0.6) is 0 Å². The smallest absolute Gasteiger partial charge is 0.0134 e. The van der Waals surface area contributed by atoms with E-state index in [9.17, 15) is 0 Å². The molecule has 7 aromatic rings. The van der Waals surface area contributed by atoms with Crippen LogP contribution in [0.3, 0.4) is 0 Å². The molecule has 7 rings (SSSR count). The van der Waals surface area contributed by atoms with Crippen molar-refractivity contribution in [2.45, 2.75) is 0 Å². The van der Waals surface area contributed by atoms with Gasteiger partial charge < -0.3 is 0 Å². The fraction of sp³-hybridized carbons (Fsp3) is 0. The molecule has 0 aliphatic carbocycles. The van der Waals surface area contributed by atoms with Crippen molar-refractivity contribution in [2.24, 2.45) is 0 Å². The molecule has 0 bridgehead atoms. The second kappa shape index (κ2) is 19.1. The summed E-state index contributed by atoms with van der Waals surface area (Å²) in [4.78, 5) is 0. The van der Waals surface area contributed by atoms with Crippen molar-refractivity contribution in [1.82, 2.24) is 0 Å². The number of hydrogen-bond acceptors (Lipinski definition) is 0. The molecule has 46 heavy (non-hydrogen) atoms. The maximum absolute atomic E-state index is 5.58. The summed E-state index contributed by atoms with van der Waals surface area (Å²) in [7, 11) is 4.68. The Kier molecular flexibility index (Phi) is 14.0. The zero-order valence-corrected chi connectivity index (χ0v) is 29.4. The van der Waals surface area contributed by atoms with E-state index >= 15 is 0 Å².